The van der Waals surface area contributed by atoms with Gasteiger partial charge in [-0.1, -0.05) is 17.3 Å². The molecule has 0 atom stereocenters. The molecule has 1 aliphatic rings. The molecule has 2 amide bonds. The first-order valence-electron chi connectivity index (χ1n) is 10.4. The molecule has 0 saturated carbocycles. The molecule has 0 aliphatic carbocycles. The van der Waals surface area contributed by atoms with Gasteiger partial charge >= 0.3 is 0 Å². The van der Waals surface area contributed by atoms with E-state index in [0.29, 0.717) is 24.2 Å². The lowest BCUT2D eigenvalue weighted by Gasteiger charge is -2.34. The zero-order valence-electron chi connectivity index (χ0n) is 17.9. The lowest BCUT2D eigenvalue weighted by atomic mass is 10.1. The summed E-state index contributed by atoms with van der Waals surface area (Å²) in [6.45, 7) is 2.88. The van der Waals surface area contributed by atoms with Crippen LogP contribution < -0.4 is 0 Å². The van der Waals surface area contributed by atoms with E-state index < -0.39 is 17.5 Å². The predicted molar refractivity (Wildman–Crippen MR) is 112 cm³/mol. The third kappa shape index (κ3) is 5.05. The Kier molecular flexibility index (Phi) is 6.43. The Morgan fingerprint density at radius 1 is 0.939 bits per heavy atom. The number of aromatic nitrogens is 2. The molecule has 1 aromatic heterocycles. The highest BCUT2D eigenvalue weighted by molar-refractivity contribution is 5.94. The van der Waals surface area contributed by atoms with Gasteiger partial charge in [0.05, 0.1) is 0 Å². The first kappa shape index (κ1) is 22.5. The number of halogens is 3. The average molecular weight is 458 g/mol. The van der Waals surface area contributed by atoms with E-state index in [1.54, 1.807) is 24.0 Å². The summed E-state index contributed by atoms with van der Waals surface area (Å²) in [6.07, 6.45) is 0.370. The van der Waals surface area contributed by atoms with Gasteiger partial charge in [0.15, 0.2) is 11.6 Å². The normalized spacial score (nSPS) is 13.9. The molecule has 1 fully saturated rings. The predicted octanol–water partition coefficient (Wildman–Crippen LogP) is 3.38. The zero-order valence-corrected chi connectivity index (χ0v) is 17.9. The van der Waals surface area contributed by atoms with E-state index >= 15 is 0 Å². The van der Waals surface area contributed by atoms with Crippen molar-refractivity contribution in [3.63, 3.8) is 0 Å². The second-order valence-electron chi connectivity index (χ2n) is 7.78. The number of rotatable bonds is 5. The molecule has 2 heterocycles. The summed E-state index contributed by atoms with van der Waals surface area (Å²) in [5.74, 6) is -2.47. The lowest BCUT2D eigenvalue weighted by molar-refractivity contribution is -0.132. The summed E-state index contributed by atoms with van der Waals surface area (Å²) < 4.78 is 45.4. The molecule has 3 aromatic rings. The second kappa shape index (κ2) is 9.43. The molecule has 2 aromatic carbocycles. The van der Waals surface area contributed by atoms with Crippen molar-refractivity contribution in [2.45, 2.75) is 19.8 Å². The van der Waals surface area contributed by atoms with Crippen LogP contribution >= 0.6 is 0 Å². The minimum Gasteiger partial charge on any atom is -0.339 e. The van der Waals surface area contributed by atoms with E-state index in [1.165, 1.54) is 17.0 Å². The molecule has 0 unspecified atom stereocenters. The molecule has 4 rings (SSSR count). The van der Waals surface area contributed by atoms with E-state index in [0.717, 1.165) is 12.1 Å². The summed E-state index contributed by atoms with van der Waals surface area (Å²) in [5.41, 5.74) is 1.07. The molecule has 0 radical (unpaired) electrons. The Labute approximate surface area is 187 Å². The van der Waals surface area contributed by atoms with Crippen LogP contribution in [0.5, 0.6) is 0 Å². The third-order valence-corrected chi connectivity index (χ3v) is 5.54. The number of carbonyl (C=O) groups excluding carboxylic acids is 2. The van der Waals surface area contributed by atoms with E-state index in [4.69, 9.17) is 4.52 Å². The van der Waals surface area contributed by atoms with Crippen LogP contribution in [0.4, 0.5) is 13.2 Å². The Balaban J connectivity index is 1.28. The third-order valence-electron chi connectivity index (χ3n) is 5.54. The number of carbonyl (C=O) groups is 2. The van der Waals surface area contributed by atoms with Gasteiger partial charge in [0, 0.05) is 50.1 Å². The molecular weight excluding hydrogens is 437 g/mol. The number of nitrogens with zero attached hydrogens (tertiary/aromatic N) is 4. The fraction of sp³-hybridized carbons (Fsp3) is 0.304. The van der Waals surface area contributed by atoms with Crippen molar-refractivity contribution >= 4 is 11.8 Å². The largest absolute Gasteiger partial charge is 0.339 e. The van der Waals surface area contributed by atoms with Gasteiger partial charge in [-0.25, -0.2) is 13.2 Å². The van der Waals surface area contributed by atoms with Crippen molar-refractivity contribution in [1.29, 1.82) is 0 Å². The minimum absolute atomic E-state index is 0.0642. The van der Waals surface area contributed by atoms with Crippen molar-refractivity contribution in [3.8, 4) is 11.4 Å². The van der Waals surface area contributed by atoms with Crippen LogP contribution in [0.15, 0.2) is 40.9 Å². The standard InChI is InChI=1S/C23H21F3N4O3/c1-14-2-3-15(12-18(14)25)22-27-20(33-28-22)6-7-21(31)29-8-10-30(11-9-29)23(32)16-4-5-17(24)19(26)13-16/h2-5,12-13H,6-11H2,1H3. The van der Waals surface area contributed by atoms with Crippen LogP contribution in [-0.2, 0) is 11.2 Å². The van der Waals surface area contributed by atoms with Crippen LogP contribution in [-0.4, -0.2) is 57.9 Å². The van der Waals surface area contributed by atoms with Gasteiger partial charge in [-0.15, -0.1) is 0 Å². The maximum absolute atomic E-state index is 13.7. The lowest BCUT2D eigenvalue weighted by Crippen LogP contribution is -2.50. The number of benzene rings is 2. The summed E-state index contributed by atoms with van der Waals surface area (Å²) in [6, 6.07) is 7.68. The summed E-state index contributed by atoms with van der Waals surface area (Å²) >= 11 is 0. The molecule has 1 saturated heterocycles. The molecule has 172 valence electrons. The number of amides is 2. The fourth-order valence-electron chi connectivity index (χ4n) is 3.55. The van der Waals surface area contributed by atoms with Crippen LogP contribution in [0, 0.1) is 24.4 Å². The molecule has 33 heavy (non-hydrogen) atoms. The fourth-order valence-corrected chi connectivity index (χ4v) is 3.55. The summed E-state index contributed by atoms with van der Waals surface area (Å²) in [4.78, 5) is 32.4. The van der Waals surface area contributed by atoms with E-state index in [9.17, 15) is 22.8 Å². The maximum atomic E-state index is 13.7. The van der Waals surface area contributed by atoms with Gasteiger partial charge in [0.2, 0.25) is 17.6 Å². The highest BCUT2D eigenvalue weighted by Crippen LogP contribution is 2.20. The van der Waals surface area contributed by atoms with Crippen LogP contribution in [0.1, 0.15) is 28.2 Å². The van der Waals surface area contributed by atoms with Crippen molar-refractivity contribution in [2.75, 3.05) is 26.2 Å². The van der Waals surface area contributed by atoms with E-state index in [2.05, 4.69) is 10.1 Å². The van der Waals surface area contributed by atoms with E-state index in [1.807, 2.05) is 0 Å². The van der Waals surface area contributed by atoms with Gasteiger partial charge in [0.1, 0.15) is 5.82 Å². The number of aryl methyl sites for hydroxylation is 2. The van der Waals surface area contributed by atoms with Crippen LogP contribution in [0.3, 0.4) is 0 Å². The van der Waals surface area contributed by atoms with Gasteiger partial charge in [-0.3, -0.25) is 9.59 Å². The highest BCUT2D eigenvalue weighted by Gasteiger charge is 2.25. The zero-order chi connectivity index (χ0) is 23.5. The molecule has 7 nitrogen and oxygen atoms in total. The average Bonchev–Trinajstić information content (AvgIpc) is 3.30. The molecule has 0 spiro atoms. The van der Waals surface area contributed by atoms with E-state index in [-0.39, 0.29) is 54.9 Å². The molecule has 10 heteroatoms. The van der Waals surface area contributed by atoms with Crippen LogP contribution in [0.2, 0.25) is 0 Å². The maximum Gasteiger partial charge on any atom is 0.254 e. The number of hydrogen-bond acceptors (Lipinski definition) is 5. The molecule has 0 bridgehead atoms. The first-order chi connectivity index (χ1) is 15.8. The Morgan fingerprint density at radius 3 is 2.36 bits per heavy atom. The summed E-state index contributed by atoms with van der Waals surface area (Å²) in [5, 5.41) is 3.85. The second-order valence-corrected chi connectivity index (χ2v) is 7.78. The smallest absolute Gasteiger partial charge is 0.254 e. The Bertz CT molecular complexity index is 1190. The van der Waals surface area contributed by atoms with Gasteiger partial charge in [-0.05, 0) is 36.8 Å². The monoisotopic (exact) mass is 458 g/mol. The number of hydrogen-bond donors (Lipinski definition) is 0. The van der Waals surface area contributed by atoms with Crippen molar-refractivity contribution in [1.82, 2.24) is 19.9 Å². The Hall–Kier alpha value is -3.69. The molecule has 0 N–H and O–H groups in total. The van der Waals surface area contributed by atoms with Crippen molar-refractivity contribution in [3.05, 3.63) is 70.9 Å². The number of piperazine rings is 1. The van der Waals surface area contributed by atoms with Crippen LogP contribution in [0.25, 0.3) is 11.4 Å². The quantitative estimate of drug-likeness (QED) is 0.586. The minimum atomic E-state index is -1.08. The highest BCUT2D eigenvalue weighted by atomic mass is 19.2. The topological polar surface area (TPSA) is 79.5 Å². The van der Waals surface area contributed by atoms with Gasteiger partial charge in [0.25, 0.3) is 5.91 Å². The van der Waals surface area contributed by atoms with Crippen molar-refractivity contribution in [2.24, 2.45) is 0 Å². The van der Waals surface area contributed by atoms with Gasteiger partial charge < -0.3 is 14.3 Å². The SMILES string of the molecule is Cc1ccc(-c2noc(CCC(=O)N3CCN(C(=O)c4ccc(F)c(F)c4)CC3)n2)cc1F. The Morgan fingerprint density at radius 2 is 1.67 bits per heavy atom. The summed E-state index contributed by atoms with van der Waals surface area (Å²) in [7, 11) is 0. The van der Waals surface area contributed by atoms with Gasteiger partial charge in [-0.2, -0.15) is 4.98 Å². The molecule has 1 aliphatic heterocycles. The van der Waals surface area contributed by atoms with Crippen molar-refractivity contribution < 1.29 is 27.3 Å². The molecular formula is C23H21F3N4O3. The first-order valence-corrected chi connectivity index (χ1v) is 10.4.